The summed E-state index contributed by atoms with van der Waals surface area (Å²) in [6.07, 6.45) is 4.84. The van der Waals surface area contributed by atoms with Gasteiger partial charge < -0.3 is 9.88 Å². The summed E-state index contributed by atoms with van der Waals surface area (Å²) in [5.74, 6) is 0.799. The van der Waals surface area contributed by atoms with Gasteiger partial charge in [-0.05, 0) is 6.07 Å². The number of nitrogens with one attached hydrogen (secondary N) is 1. The van der Waals surface area contributed by atoms with E-state index >= 15 is 0 Å². The Labute approximate surface area is 92.6 Å². The third-order valence-electron chi connectivity index (χ3n) is 2.18. The van der Waals surface area contributed by atoms with E-state index in [-0.39, 0.29) is 0 Å². The van der Waals surface area contributed by atoms with E-state index < -0.39 is 0 Å². The summed E-state index contributed by atoms with van der Waals surface area (Å²) in [4.78, 5) is 3.96. The van der Waals surface area contributed by atoms with Gasteiger partial charge in [-0.2, -0.15) is 5.26 Å². The van der Waals surface area contributed by atoms with Gasteiger partial charge in [0, 0.05) is 13.2 Å². The van der Waals surface area contributed by atoms with Gasteiger partial charge in [0.05, 0.1) is 24.0 Å². The summed E-state index contributed by atoms with van der Waals surface area (Å²) in [5, 5.41) is 19.7. The zero-order valence-electron chi connectivity index (χ0n) is 8.75. The Hall–Kier alpha value is -2.42. The van der Waals surface area contributed by atoms with E-state index in [1.165, 1.54) is 0 Å². The number of nitriles is 1. The minimum Gasteiger partial charge on any atom is -0.375 e. The second-order valence-electron chi connectivity index (χ2n) is 3.24. The quantitative estimate of drug-likeness (QED) is 0.813. The van der Waals surface area contributed by atoms with Gasteiger partial charge in [-0.25, -0.2) is 0 Å². The molecule has 6 heteroatoms. The number of rotatable bonds is 3. The first-order valence-corrected chi connectivity index (χ1v) is 4.72. The van der Waals surface area contributed by atoms with Crippen LogP contribution in [0.25, 0.3) is 0 Å². The Morgan fingerprint density at radius 1 is 1.56 bits per heavy atom. The lowest BCUT2D eigenvalue weighted by atomic mass is 10.2. The van der Waals surface area contributed by atoms with Crippen LogP contribution in [-0.2, 0) is 13.6 Å². The van der Waals surface area contributed by atoms with Crippen molar-refractivity contribution in [3.05, 3.63) is 36.2 Å². The zero-order valence-corrected chi connectivity index (χ0v) is 8.75. The molecule has 2 aromatic heterocycles. The fraction of sp³-hybridized carbons (Fsp3) is 0.200. The monoisotopic (exact) mass is 214 g/mol. The fourth-order valence-electron chi connectivity index (χ4n) is 1.27. The maximum absolute atomic E-state index is 8.88. The predicted molar refractivity (Wildman–Crippen MR) is 57.3 cm³/mol. The molecule has 0 aliphatic rings. The highest BCUT2D eigenvalue weighted by molar-refractivity contribution is 5.55. The van der Waals surface area contributed by atoms with Crippen molar-refractivity contribution in [3.8, 4) is 6.07 Å². The lowest BCUT2D eigenvalue weighted by molar-refractivity contribution is 0.812. The molecule has 1 N–H and O–H groups in total. The lowest BCUT2D eigenvalue weighted by Gasteiger charge is -2.06. The van der Waals surface area contributed by atoms with Gasteiger partial charge in [0.15, 0.2) is 5.82 Å². The Kier molecular flexibility index (Phi) is 2.78. The summed E-state index contributed by atoms with van der Waals surface area (Å²) in [6, 6.07) is 3.76. The number of aromatic nitrogens is 4. The van der Waals surface area contributed by atoms with Crippen molar-refractivity contribution in [2.75, 3.05) is 5.32 Å². The summed E-state index contributed by atoms with van der Waals surface area (Å²) in [6.45, 7) is 0.511. The van der Waals surface area contributed by atoms with Crippen LogP contribution in [0.15, 0.2) is 24.8 Å². The van der Waals surface area contributed by atoms with E-state index in [0.717, 1.165) is 5.82 Å². The third kappa shape index (κ3) is 1.98. The predicted octanol–water partition coefficient (Wildman–Crippen LogP) is 0.694. The van der Waals surface area contributed by atoms with E-state index in [1.807, 2.05) is 11.6 Å². The van der Waals surface area contributed by atoms with E-state index in [1.54, 1.807) is 24.8 Å². The molecule has 0 aromatic carbocycles. The highest BCUT2D eigenvalue weighted by Crippen LogP contribution is 2.12. The number of pyridine rings is 1. The molecule has 0 radical (unpaired) electrons. The minimum atomic E-state index is 0.511. The highest BCUT2D eigenvalue weighted by Gasteiger charge is 2.03. The first kappa shape index (κ1) is 10.1. The van der Waals surface area contributed by atoms with Gasteiger partial charge >= 0.3 is 0 Å². The van der Waals surface area contributed by atoms with E-state index in [0.29, 0.717) is 17.8 Å². The van der Waals surface area contributed by atoms with Crippen LogP contribution in [0.5, 0.6) is 0 Å². The zero-order chi connectivity index (χ0) is 11.4. The second-order valence-corrected chi connectivity index (χ2v) is 3.24. The van der Waals surface area contributed by atoms with Crippen LogP contribution in [0.2, 0.25) is 0 Å². The smallest absolute Gasteiger partial charge is 0.151 e. The van der Waals surface area contributed by atoms with Gasteiger partial charge in [0.25, 0.3) is 0 Å². The molecule has 6 nitrogen and oxygen atoms in total. The summed E-state index contributed by atoms with van der Waals surface area (Å²) in [5.41, 5.74) is 1.27. The maximum atomic E-state index is 8.88. The first-order valence-electron chi connectivity index (χ1n) is 4.72. The van der Waals surface area contributed by atoms with E-state index in [2.05, 4.69) is 26.6 Å². The van der Waals surface area contributed by atoms with Crippen LogP contribution >= 0.6 is 0 Å². The Morgan fingerprint density at radius 2 is 2.44 bits per heavy atom. The van der Waals surface area contributed by atoms with Crippen molar-refractivity contribution in [2.45, 2.75) is 6.54 Å². The van der Waals surface area contributed by atoms with Crippen molar-refractivity contribution >= 4 is 5.69 Å². The van der Waals surface area contributed by atoms with Gasteiger partial charge in [0.1, 0.15) is 12.4 Å². The van der Waals surface area contributed by atoms with Crippen LogP contribution in [-0.4, -0.2) is 19.7 Å². The number of aryl methyl sites for hydroxylation is 1. The van der Waals surface area contributed by atoms with Crippen molar-refractivity contribution in [1.82, 2.24) is 19.7 Å². The van der Waals surface area contributed by atoms with Crippen molar-refractivity contribution in [2.24, 2.45) is 7.05 Å². The molecule has 0 amide bonds. The SMILES string of the molecule is Cn1cnnc1CNc1cnccc1C#N. The summed E-state index contributed by atoms with van der Waals surface area (Å²) >= 11 is 0. The molecule has 0 saturated heterocycles. The minimum absolute atomic E-state index is 0.511. The van der Waals surface area contributed by atoms with Crippen LogP contribution in [0.4, 0.5) is 5.69 Å². The topological polar surface area (TPSA) is 79.4 Å². The molecule has 0 fully saturated rings. The van der Waals surface area contributed by atoms with Crippen LogP contribution < -0.4 is 5.32 Å². The van der Waals surface area contributed by atoms with Gasteiger partial charge in [0.2, 0.25) is 0 Å². The third-order valence-corrected chi connectivity index (χ3v) is 2.18. The first-order chi connectivity index (χ1) is 7.81. The summed E-state index contributed by atoms with van der Waals surface area (Å²) < 4.78 is 1.81. The summed E-state index contributed by atoms with van der Waals surface area (Å²) in [7, 11) is 1.87. The van der Waals surface area contributed by atoms with Crippen LogP contribution in [0.1, 0.15) is 11.4 Å². The normalized spacial score (nSPS) is 9.75. The van der Waals surface area contributed by atoms with E-state index in [4.69, 9.17) is 5.26 Å². The van der Waals surface area contributed by atoms with E-state index in [9.17, 15) is 0 Å². The molecule has 0 aliphatic heterocycles. The maximum Gasteiger partial charge on any atom is 0.151 e. The largest absolute Gasteiger partial charge is 0.375 e. The van der Waals surface area contributed by atoms with Gasteiger partial charge in [-0.3, -0.25) is 4.98 Å². The molecule has 16 heavy (non-hydrogen) atoms. The molecule has 2 rings (SSSR count). The number of hydrogen-bond donors (Lipinski definition) is 1. The molecular weight excluding hydrogens is 204 g/mol. The molecular formula is C10H10N6. The Balaban J connectivity index is 2.11. The average molecular weight is 214 g/mol. The Morgan fingerprint density at radius 3 is 3.12 bits per heavy atom. The van der Waals surface area contributed by atoms with Crippen molar-refractivity contribution < 1.29 is 0 Å². The highest BCUT2D eigenvalue weighted by atomic mass is 15.3. The molecule has 0 aliphatic carbocycles. The molecule has 2 aromatic rings. The van der Waals surface area contributed by atoms with Crippen LogP contribution in [0.3, 0.4) is 0 Å². The van der Waals surface area contributed by atoms with Crippen molar-refractivity contribution in [3.63, 3.8) is 0 Å². The van der Waals surface area contributed by atoms with Gasteiger partial charge in [-0.15, -0.1) is 10.2 Å². The van der Waals surface area contributed by atoms with Crippen LogP contribution in [0, 0.1) is 11.3 Å². The molecule has 80 valence electrons. The molecule has 0 spiro atoms. The lowest BCUT2D eigenvalue weighted by Crippen LogP contribution is -2.06. The number of hydrogen-bond acceptors (Lipinski definition) is 5. The molecule has 0 saturated carbocycles. The average Bonchev–Trinajstić information content (AvgIpc) is 2.72. The Bertz CT molecular complexity index is 524. The second kappa shape index (κ2) is 4.40. The molecule has 0 bridgehead atoms. The fourth-order valence-corrected chi connectivity index (χ4v) is 1.27. The standard InChI is InChI=1S/C10H10N6/c1-16-7-14-15-10(16)6-13-9-5-12-3-2-8(9)4-11/h2-3,5,7,13H,6H2,1H3. The number of nitrogens with zero attached hydrogens (tertiary/aromatic N) is 5. The van der Waals surface area contributed by atoms with Gasteiger partial charge in [-0.1, -0.05) is 0 Å². The molecule has 0 atom stereocenters. The number of anilines is 1. The molecule has 2 heterocycles. The van der Waals surface area contributed by atoms with Crippen molar-refractivity contribution in [1.29, 1.82) is 5.26 Å². The molecule has 0 unspecified atom stereocenters.